The van der Waals surface area contributed by atoms with Crippen molar-refractivity contribution in [2.24, 2.45) is 0 Å². The molecule has 0 fully saturated rings. The smallest absolute Gasteiger partial charge is 0.0676 e. The van der Waals surface area contributed by atoms with Crippen LogP contribution in [0.5, 0.6) is 0 Å². The molecule has 19 heavy (non-hydrogen) atoms. The van der Waals surface area contributed by atoms with Crippen molar-refractivity contribution in [2.45, 2.75) is 58.2 Å². The Balaban J connectivity index is 3.20. The van der Waals surface area contributed by atoms with Crippen molar-refractivity contribution in [3.63, 3.8) is 0 Å². The molecule has 1 aromatic heterocycles. The number of rotatable bonds is 8. The number of aromatic nitrogens is 2. The monoisotopic (exact) mass is 266 g/mol. The van der Waals surface area contributed by atoms with E-state index in [0.717, 1.165) is 25.8 Å². The average molecular weight is 266 g/mol. The number of aryl methyl sites for hydroxylation is 1. The molecule has 0 spiro atoms. The molecular weight excluding hydrogens is 236 g/mol. The minimum absolute atomic E-state index is 0.125. The molecule has 1 heterocycles. The van der Waals surface area contributed by atoms with Crippen molar-refractivity contribution in [1.82, 2.24) is 20.0 Å². The maximum atomic E-state index is 4.47. The fourth-order valence-electron chi connectivity index (χ4n) is 3.23. The number of nitrogens with zero attached hydrogens (tertiary/aromatic N) is 3. The first-order chi connectivity index (χ1) is 9.07. The van der Waals surface area contributed by atoms with Crippen molar-refractivity contribution >= 4 is 0 Å². The highest BCUT2D eigenvalue weighted by Crippen LogP contribution is 2.35. The zero-order valence-electron chi connectivity index (χ0n) is 13.4. The molecule has 4 nitrogen and oxygen atoms in total. The van der Waals surface area contributed by atoms with Crippen molar-refractivity contribution in [3.8, 4) is 0 Å². The normalized spacial score (nSPS) is 14.1. The van der Waals surface area contributed by atoms with Crippen LogP contribution in [0.2, 0.25) is 0 Å². The lowest BCUT2D eigenvalue weighted by Gasteiger charge is -2.45. The van der Waals surface area contributed by atoms with E-state index < -0.39 is 0 Å². The molecule has 4 heteroatoms. The molecule has 0 bridgehead atoms. The molecule has 0 aliphatic rings. The first-order valence-electron chi connectivity index (χ1n) is 7.43. The molecule has 1 unspecified atom stereocenters. The lowest BCUT2D eigenvalue weighted by Crippen LogP contribution is -2.53. The van der Waals surface area contributed by atoms with Crippen LogP contribution >= 0.6 is 0 Å². The van der Waals surface area contributed by atoms with Gasteiger partial charge in [-0.25, -0.2) is 0 Å². The summed E-state index contributed by atoms with van der Waals surface area (Å²) in [5.41, 5.74) is 1.42. The summed E-state index contributed by atoms with van der Waals surface area (Å²) in [5.74, 6) is 0. The van der Waals surface area contributed by atoms with Gasteiger partial charge in [-0.1, -0.05) is 20.8 Å². The second kappa shape index (κ2) is 7.06. The molecule has 0 saturated carbocycles. The van der Waals surface area contributed by atoms with Gasteiger partial charge in [0.05, 0.1) is 11.7 Å². The van der Waals surface area contributed by atoms with Crippen LogP contribution in [-0.2, 0) is 6.54 Å². The zero-order chi connectivity index (χ0) is 14.5. The zero-order valence-corrected chi connectivity index (χ0v) is 13.4. The maximum Gasteiger partial charge on any atom is 0.0676 e. The van der Waals surface area contributed by atoms with E-state index >= 15 is 0 Å². The van der Waals surface area contributed by atoms with E-state index in [-0.39, 0.29) is 5.54 Å². The number of nitrogens with one attached hydrogen (secondary N) is 1. The number of hydrogen-bond donors (Lipinski definition) is 1. The van der Waals surface area contributed by atoms with Crippen LogP contribution in [0.25, 0.3) is 0 Å². The van der Waals surface area contributed by atoms with E-state index in [9.17, 15) is 0 Å². The Bertz CT molecular complexity index is 366. The van der Waals surface area contributed by atoms with Crippen molar-refractivity contribution in [2.75, 3.05) is 21.1 Å². The molecule has 0 aliphatic heterocycles. The minimum atomic E-state index is 0.125. The Kier molecular flexibility index (Phi) is 6.01. The molecular formula is C15H30N4. The van der Waals surface area contributed by atoms with Crippen molar-refractivity contribution in [1.29, 1.82) is 0 Å². The third-order valence-electron chi connectivity index (χ3n) is 4.42. The summed E-state index contributed by atoms with van der Waals surface area (Å²) in [6.45, 7) is 7.72. The molecule has 0 saturated heterocycles. The van der Waals surface area contributed by atoms with E-state index in [2.05, 4.69) is 68.0 Å². The second-order valence-corrected chi connectivity index (χ2v) is 5.41. The van der Waals surface area contributed by atoms with E-state index in [0.29, 0.717) is 6.04 Å². The Morgan fingerprint density at radius 2 is 1.95 bits per heavy atom. The Morgan fingerprint density at radius 1 is 1.32 bits per heavy atom. The van der Waals surface area contributed by atoms with Gasteiger partial charge in [0.2, 0.25) is 0 Å². The van der Waals surface area contributed by atoms with Gasteiger partial charge in [-0.2, -0.15) is 5.10 Å². The molecule has 110 valence electrons. The first kappa shape index (κ1) is 16.2. The highest BCUT2D eigenvalue weighted by Gasteiger charge is 2.39. The molecule has 1 atom stereocenters. The van der Waals surface area contributed by atoms with Crippen LogP contribution in [0.3, 0.4) is 0 Å². The molecule has 0 aliphatic carbocycles. The van der Waals surface area contributed by atoms with Crippen molar-refractivity contribution in [3.05, 3.63) is 18.0 Å². The van der Waals surface area contributed by atoms with Crippen molar-refractivity contribution < 1.29 is 0 Å². The minimum Gasteiger partial charge on any atom is -0.310 e. The Labute approximate surface area is 118 Å². The Hall–Kier alpha value is -0.870. The van der Waals surface area contributed by atoms with Crippen LogP contribution in [0.15, 0.2) is 12.3 Å². The summed E-state index contributed by atoms with van der Waals surface area (Å²) >= 11 is 0. The van der Waals surface area contributed by atoms with Crippen LogP contribution < -0.4 is 5.32 Å². The van der Waals surface area contributed by atoms with Crippen LogP contribution in [0.4, 0.5) is 0 Å². The predicted molar refractivity (Wildman–Crippen MR) is 81.3 cm³/mol. The van der Waals surface area contributed by atoms with Gasteiger partial charge in [0, 0.05) is 18.3 Å². The van der Waals surface area contributed by atoms with Gasteiger partial charge in [0.1, 0.15) is 0 Å². The quantitative estimate of drug-likeness (QED) is 0.785. The highest BCUT2D eigenvalue weighted by atomic mass is 15.3. The summed E-state index contributed by atoms with van der Waals surface area (Å²) in [5, 5.41) is 8.00. The standard InChI is InChI=1S/C15H30N4/c1-7-12-19-13(10-11-17-19)14(16-4)15(8-2,9-3)18(5)6/h10-11,14,16H,7-9,12H2,1-6H3. The number of likely N-dealkylation sites (N-methyl/N-ethyl adjacent to an activating group) is 2. The fourth-order valence-corrected chi connectivity index (χ4v) is 3.23. The number of hydrogen-bond acceptors (Lipinski definition) is 3. The lowest BCUT2D eigenvalue weighted by atomic mass is 9.81. The molecule has 0 radical (unpaired) electrons. The topological polar surface area (TPSA) is 33.1 Å². The molecule has 1 rings (SSSR count). The van der Waals surface area contributed by atoms with Gasteiger partial charge in [0.25, 0.3) is 0 Å². The molecule has 0 aromatic carbocycles. The summed E-state index contributed by atoms with van der Waals surface area (Å²) in [6.07, 6.45) is 5.25. The van der Waals surface area contributed by atoms with E-state index in [1.807, 2.05) is 6.20 Å². The molecule has 0 amide bonds. The van der Waals surface area contributed by atoms with Crippen LogP contribution in [0.1, 0.15) is 51.8 Å². The molecule has 1 N–H and O–H groups in total. The van der Waals surface area contributed by atoms with Gasteiger partial charge in [-0.15, -0.1) is 0 Å². The molecule has 1 aromatic rings. The van der Waals surface area contributed by atoms with E-state index in [1.54, 1.807) is 0 Å². The van der Waals surface area contributed by atoms with E-state index in [1.165, 1.54) is 5.69 Å². The lowest BCUT2D eigenvalue weighted by molar-refractivity contribution is 0.0876. The van der Waals surface area contributed by atoms with Gasteiger partial charge >= 0.3 is 0 Å². The van der Waals surface area contributed by atoms with Gasteiger partial charge in [-0.3, -0.25) is 4.68 Å². The third kappa shape index (κ3) is 3.00. The highest BCUT2D eigenvalue weighted by molar-refractivity contribution is 5.15. The van der Waals surface area contributed by atoms with Gasteiger partial charge in [0.15, 0.2) is 0 Å². The van der Waals surface area contributed by atoms with Gasteiger partial charge < -0.3 is 10.2 Å². The fraction of sp³-hybridized carbons (Fsp3) is 0.800. The van der Waals surface area contributed by atoms with Crippen LogP contribution in [0, 0.1) is 0 Å². The maximum absolute atomic E-state index is 4.47. The summed E-state index contributed by atoms with van der Waals surface area (Å²) in [4.78, 5) is 2.36. The third-order valence-corrected chi connectivity index (χ3v) is 4.42. The first-order valence-corrected chi connectivity index (χ1v) is 7.43. The SMILES string of the molecule is CCCn1nccc1C(NC)C(CC)(CC)N(C)C. The Morgan fingerprint density at radius 3 is 2.37 bits per heavy atom. The van der Waals surface area contributed by atoms with Gasteiger partial charge in [-0.05, 0) is 46.5 Å². The van der Waals surface area contributed by atoms with Crippen LogP contribution in [-0.4, -0.2) is 41.4 Å². The summed E-state index contributed by atoms with van der Waals surface area (Å²) in [7, 11) is 6.41. The average Bonchev–Trinajstić information content (AvgIpc) is 2.84. The summed E-state index contributed by atoms with van der Waals surface area (Å²) < 4.78 is 2.14. The predicted octanol–water partition coefficient (Wildman–Crippen LogP) is 2.67. The van der Waals surface area contributed by atoms with E-state index in [4.69, 9.17) is 0 Å². The summed E-state index contributed by atoms with van der Waals surface area (Å²) in [6, 6.07) is 2.45. The second-order valence-electron chi connectivity index (χ2n) is 5.41. The largest absolute Gasteiger partial charge is 0.310 e.